The summed E-state index contributed by atoms with van der Waals surface area (Å²) in [7, 11) is 0. The summed E-state index contributed by atoms with van der Waals surface area (Å²) in [5.41, 5.74) is 2.01. The van der Waals surface area contributed by atoms with E-state index in [4.69, 9.17) is 0 Å². The molecule has 0 radical (unpaired) electrons. The molecule has 2 heterocycles. The fraction of sp³-hybridized carbons (Fsp3) is 0.250. The molecule has 3 aromatic rings. The molecule has 5 heteroatoms. The number of nitrogens with zero attached hydrogens (tertiary/aromatic N) is 3. The summed E-state index contributed by atoms with van der Waals surface area (Å²) in [5, 5.41) is 6.79. The van der Waals surface area contributed by atoms with E-state index in [0.29, 0.717) is 12.4 Å². The molecule has 0 unspecified atom stereocenters. The molecule has 0 saturated carbocycles. The van der Waals surface area contributed by atoms with Crippen molar-refractivity contribution in [2.45, 2.75) is 32.9 Å². The van der Waals surface area contributed by atoms with Crippen LogP contribution in [0.3, 0.4) is 0 Å². The Morgan fingerprint density at radius 1 is 0.920 bits per heavy atom. The normalized spacial score (nSPS) is 11.2. The molecule has 0 spiro atoms. The van der Waals surface area contributed by atoms with E-state index in [1.807, 2.05) is 54.7 Å². The molecule has 1 aromatic carbocycles. The third kappa shape index (κ3) is 5.01. The molecule has 0 aliphatic carbocycles. The lowest BCUT2D eigenvalue weighted by Crippen LogP contribution is -2.27. The quantitative estimate of drug-likeness (QED) is 0.726. The van der Waals surface area contributed by atoms with E-state index >= 15 is 0 Å². The van der Waals surface area contributed by atoms with E-state index in [9.17, 15) is 0 Å². The van der Waals surface area contributed by atoms with Crippen molar-refractivity contribution in [2.75, 3.05) is 10.6 Å². The van der Waals surface area contributed by atoms with Crippen LogP contribution in [0.25, 0.3) is 11.4 Å². The number of aromatic nitrogens is 3. The van der Waals surface area contributed by atoms with Gasteiger partial charge >= 0.3 is 0 Å². The van der Waals surface area contributed by atoms with Crippen molar-refractivity contribution in [2.24, 2.45) is 0 Å². The first-order valence-electron chi connectivity index (χ1n) is 8.35. The van der Waals surface area contributed by atoms with Crippen LogP contribution in [0.1, 0.15) is 26.3 Å². The van der Waals surface area contributed by atoms with Crippen LogP contribution in [0.5, 0.6) is 0 Å². The Bertz CT molecular complexity index is 810. The maximum absolute atomic E-state index is 4.67. The van der Waals surface area contributed by atoms with Gasteiger partial charge in [-0.15, -0.1) is 0 Å². The van der Waals surface area contributed by atoms with Gasteiger partial charge in [0.15, 0.2) is 5.82 Å². The lowest BCUT2D eigenvalue weighted by atomic mass is 10.1. The summed E-state index contributed by atoms with van der Waals surface area (Å²) >= 11 is 0. The molecular formula is C20H23N5. The average molecular weight is 333 g/mol. The Labute approximate surface area is 148 Å². The molecule has 128 valence electrons. The second-order valence-electron chi connectivity index (χ2n) is 6.92. The number of hydrogen-bond donors (Lipinski definition) is 2. The zero-order valence-electron chi connectivity index (χ0n) is 14.8. The fourth-order valence-corrected chi connectivity index (χ4v) is 2.40. The molecule has 0 atom stereocenters. The lowest BCUT2D eigenvalue weighted by molar-refractivity contribution is 0.630. The smallest absolute Gasteiger partial charge is 0.163 e. The molecule has 5 nitrogen and oxygen atoms in total. The predicted molar refractivity (Wildman–Crippen MR) is 102 cm³/mol. The lowest BCUT2D eigenvalue weighted by Gasteiger charge is -2.22. The summed E-state index contributed by atoms with van der Waals surface area (Å²) in [6.45, 7) is 6.99. The minimum atomic E-state index is -0.0804. The molecule has 0 aliphatic heterocycles. The van der Waals surface area contributed by atoms with E-state index in [1.54, 1.807) is 6.20 Å². The molecule has 2 aromatic heterocycles. The molecule has 0 fully saturated rings. The highest BCUT2D eigenvalue weighted by molar-refractivity contribution is 5.61. The van der Waals surface area contributed by atoms with Crippen molar-refractivity contribution in [1.29, 1.82) is 0 Å². The summed E-state index contributed by atoms with van der Waals surface area (Å²) in [6.07, 6.45) is 3.62. The summed E-state index contributed by atoms with van der Waals surface area (Å²) < 4.78 is 0. The minimum absolute atomic E-state index is 0.0804. The van der Waals surface area contributed by atoms with Crippen LogP contribution in [0.2, 0.25) is 0 Å². The van der Waals surface area contributed by atoms with Gasteiger partial charge < -0.3 is 10.6 Å². The van der Waals surface area contributed by atoms with Gasteiger partial charge in [-0.05, 0) is 32.4 Å². The third-order valence-electron chi connectivity index (χ3n) is 3.46. The number of nitrogens with one attached hydrogen (secondary N) is 2. The second-order valence-corrected chi connectivity index (χ2v) is 6.92. The van der Waals surface area contributed by atoms with Crippen LogP contribution in [0, 0.1) is 0 Å². The highest BCUT2D eigenvalue weighted by atomic mass is 15.1. The zero-order chi connectivity index (χ0) is 17.7. The predicted octanol–water partition coefficient (Wildman–Crippen LogP) is 4.36. The number of benzene rings is 1. The first-order valence-corrected chi connectivity index (χ1v) is 8.35. The Kier molecular flexibility index (Phi) is 4.93. The largest absolute Gasteiger partial charge is 0.366 e. The molecule has 0 amide bonds. The van der Waals surface area contributed by atoms with Crippen molar-refractivity contribution < 1.29 is 0 Å². The molecule has 0 bridgehead atoms. The third-order valence-corrected chi connectivity index (χ3v) is 3.46. The average Bonchev–Trinajstić information content (AvgIpc) is 2.60. The highest BCUT2D eigenvalue weighted by Crippen LogP contribution is 2.22. The SMILES string of the molecule is CC(C)(C)Nc1cc(NCc2cccnc2)nc(-c2ccccc2)n1. The van der Waals surface area contributed by atoms with Crippen LogP contribution < -0.4 is 10.6 Å². The van der Waals surface area contributed by atoms with Gasteiger partial charge in [-0.25, -0.2) is 9.97 Å². The second kappa shape index (κ2) is 7.30. The van der Waals surface area contributed by atoms with Crippen molar-refractivity contribution in [1.82, 2.24) is 15.0 Å². The van der Waals surface area contributed by atoms with Crippen molar-refractivity contribution in [3.05, 3.63) is 66.5 Å². The highest BCUT2D eigenvalue weighted by Gasteiger charge is 2.13. The standard InChI is InChI=1S/C20H23N5/c1-20(2,3)25-18-12-17(22-14-15-8-7-11-21-13-15)23-19(24-18)16-9-5-4-6-10-16/h4-13H,14H2,1-3H3,(H2,22,23,24,25). The first-order chi connectivity index (χ1) is 12.0. The molecule has 25 heavy (non-hydrogen) atoms. The molecule has 0 saturated heterocycles. The van der Waals surface area contributed by atoms with Crippen LogP contribution in [-0.4, -0.2) is 20.5 Å². The van der Waals surface area contributed by atoms with Gasteiger partial charge in [0.25, 0.3) is 0 Å². The van der Waals surface area contributed by atoms with E-state index in [-0.39, 0.29) is 5.54 Å². The van der Waals surface area contributed by atoms with Crippen LogP contribution in [0.4, 0.5) is 11.6 Å². The fourth-order valence-electron chi connectivity index (χ4n) is 2.40. The molecular weight excluding hydrogens is 310 g/mol. The van der Waals surface area contributed by atoms with Crippen molar-refractivity contribution in [3.8, 4) is 11.4 Å². The zero-order valence-corrected chi connectivity index (χ0v) is 14.8. The van der Waals surface area contributed by atoms with Crippen molar-refractivity contribution in [3.63, 3.8) is 0 Å². The maximum Gasteiger partial charge on any atom is 0.163 e. The Morgan fingerprint density at radius 2 is 1.68 bits per heavy atom. The van der Waals surface area contributed by atoms with Gasteiger partial charge in [0, 0.05) is 36.1 Å². The maximum atomic E-state index is 4.67. The molecule has 2 N–H and O–H groups in total. The Balaban J connectivity index is 1.89. The van der Waals surface area contributed by atoms with E-state index in [0.717, 1.165) is 22.8 Å². The van der Waals surface area contributed by atoms with Crippen LogP contribution in [-0.2, 0) is 6.54 Å². The number of rotatable bonds is 5. The molecule has 3 rings (SSSR count). The van der Waals surface area contributed by atoms with Gasteiger partial charge in [-0.1, -0.05) is 36.4 Å². The minimum Gasteiger partial charge on any atom is -0.366 e. The molecule has 0 aliphatic rings. The topological polar surface area (TPSA) is 62.7 Å². The number of pyridine rings is 1. The number of anilines is 2. The summed E-state index contributed by atoms with van der Waals surface area (Å²) in [6, 6.07) is 15.9. The number of hydrogen-bond acceptors (Lipinski definition) is 5. The van der Waals surface area contributed by atoms with E-state index < -0.39 is 0 Å². The van der Waals surface area contributed by atoms with Gasteiger partial charge in [0.1, 0.15) is 11.6 Å². The summed E-state index contributed by atoms with van der Waals surface area (Å²) in [5.74, 6) is 2.28. The monoisotopic (exact) mass is 333 g/mol. The summed E-state index contributed by atoms with van der Waals surface area (Å²) in [4.78, 5) is 13.5. The van der Waals surface area contributed by atoms with Gasteiger partial charge in [0.05, 0.1) is 0 Å². The van der Waals surface area contributed by atoms with Crippen molar-refractivity contribution >= 4 is 11.6 Å². The van der Waals surface area contributed by atoms with E-state index in [2.05, 4.69) is 46.4 Å². The van der Waals surface area contributed by atoms with Gasteiger partial charge in [-0.3, -0.25) is 4.98 Å². The van der Waals surface area contributed by atoms with Gasteiger partial charge in [0.2, 0.25) is 0 Å². The Morgan fingerprint density at radius 3 is 2.36 bits per heavy atom. The first kappa shape index (κ1) is 16.9. The van der Waals surface area contributed by atoms with E-state index in [1.165, 1.54) is 0 Å². The Hall–Kier alpha value is -2.95. The van der Waals surface area contributed by atoms with Gasteiger partial charge in [-0.2, -0.15) is 0 Å². The van der Waals surface area contributed by atoms with Crippen LogP contribution in [0.15, 0.2) is 60.9 Å². The van der Waals surface area contributed by atoms with Crippen LogP contribution >= 0.6 is 0 Å².